The zero-order chi connectivity index (χ0) is 15.7. The monoisotopic (exact) mass is 339 g/mol. The van der Waals surface area contributed by atoms with E-state index in [1.54, 1.807) is 31.2 Å². The molecule has 3 aromatic rings. The summed E-state index contributed by atoms with van der Waals surface area (Å²) < 4.78 is 37.2. The van der Waals surface area contributed by atoms with Crippen LogP contribution in [0.5, 0.6) is 0 Å². The fraction of sp³-hybridized carbons (Fsp3) is 0.0769. The zero-order valence-corrected chi connectivity index (χ0v) is 12.9. The van der Waals surface area contributed by atoms with E-state index in [2.05, 4.69) is 14.9 Å². The molecular weight excluding hydrogens is 330 g/mol. The molecular formula is C13H10ClN3O4S. The van der Waals surface area contributed by atoms with Crippen molar-refractivity contribution in [3.05, 3.63) is 47.2 Å². The number of benzene rings is 1. The molecule has 0 bridgehead atoms. The summed E-state index contributed by atoms with van der Waals surface area (Å²) in [7, 11) is -3.88. The molecule has 2 heterocycles. The van der Waals surface area contributed by atoms with E-state index in [1.807, 2.05) is 0 Å². The summed E-state index contributed by atoms with van der Waals surface area (Å²) in [5.41, 5.74) is 0.433. The second-order valence-corrected chi connectivity index (χ2v) is 6.42. The van der Waals surface area contributed by atoms with Crippen molar-refractivity contribution in [3.63, 3.8) is 0 Å². The third-order valence-corrected chi connectivity index (χ3v) is 4.76. The molecule has 22 heavy (non-hydrogen) atoms. The van der Waals surface area contributed by atoms with Crippen LogP contribution in [0.3, 0.4) is 0 Å². The highest BCUT2D eigenvalue weighted by Gasteiger charge is 2.21. The van der Waals surface area contributed by atoms with Crippen molar-refractivity contribution in [3.8, 4) is 11.7 Å². The summed E-state index contributed by atoms with van der Waals surface area (Å²) in [6.07, 6.45) is 1.44. The SMILES string of the molecule is Cc1c(Cl)cccc1S(=O)(=O)Nc1nnc(-c2ccco2)o1. The Morgan fingerprint density at radius 3 is 2.73 bits per heavy atom. The molecule has 9 heteroatoms. The van der Waals surface area contributed by atoms with Gasteiger partial charge >= 0.3 is 6.01 Å². The molecule has 0 amide bonds. The summed E-state index contributed by atoms with van der Waals surface area (Å²) in [6.45, 7) is 1.61. The first-order chi connectivity index (χ1) is 10.5. The van der Waals surface area contributed by atoms with E-state index in [9.17, 15) is 8.42 Å². The third-order valence-electron chi connectivity index (χ3n) is 2.89. The number of halogens is 1. The number of hydrogen-bond acceptors (Lipinski definition) is 6. The van der Waals surface area contributed by atoms with Crippen LogP contribution in [0, 0.1) is 6.92 Å². The smallest absolute Gasteiger partial charge is 0.330 e. The van der Waals surface area contributed by atoms with Crippen molar-refractivity contribution in [2.45, 2.75) is 11.8 Å². The Morgan fingerprint density at radius 2 is 2.00 bits per heavy atom. The van der Waals surface area contributed by atoms with Gasteiger partial charge in [-0.3, -0.25) is 0 Å². The van der Waals surface area contributed by atoms with Gasteiger partial charge in [0.1, 0.15) is 0 Å². The Bertz CT molecular complexity index is 903. The Balaban J connectivity index is 1.91. The van der Waals surface area contributed by atoms with Gasteiger partial charge in [0.15, 0.2) is 5.76 Å². The van der Waals surface area contributed by atoms with Gasteiger partial charge in [-0.2, -0.15) is 0 Å². The molecule has 2 aromatic heterocycles. The number of hydrogen-bond donors (Lipinski definition) is 1. The minimum absolute atomic E-state index is 0.0396. The number of anilines is 1. The number of nitrogens with zero attached hydrogens (tertiary/aromatic N) is 2. The average Bonchev–Trinajstić information content (AvgIpc) is 3.11. The Kier molecular flexibility index (Phi) is 3.63. The largest absolute Gasteiger partial charge is 0.459 e. The molecule has 0 atom stereocenters. The van der Waals surface area contributed by atoms with Crippen LogP contribution in [-0.2, 0) is 10.0 Å². The maximum atomic E-state index is 12.3. The molecule has 0 aliphatic carbocycles. The highest BCUT2D eigenvalue weighted by molar-refractivity contribution is 7.92. The van der Waals surface area contributed by atoms with Gasteiger partial charge in [-0.05, 0) is 36.8 Å². The lowest BCUT2D eigenvalue weighted by molar-refractivity contribution is 0.524. The minimum Gasteiger partial charge on any atom is -0.459 e. The van der Waals surface area contributed by atoms with E-state index in [-0.39, 0.29) is 16.8 Å². The van der Waals surface area contributed by atoms with Crippen molar-refractivity contribution < 1.29 is 17.3 Å². The minimum atomic E-state index is -3.88. The highest BCUT2D eigenvalue weighted by atomic mass is 35.5. The van der Waals surface area contributed by atoms with E-state index >= 15 is 0 Å². The first-order valence-electron chi connectivity index (χ1n) is 6.13. The normalized spacial score (nSPS) is 11.5. The lowest BCUT2D eigenvalue weighted by Crippen LogP contribution is -2.14. The van der Waals surface area contributed by atoms with Crippen LogP contribution < -0.4 is 4.72 Å². The molecule has 0 unspecified atom stereocenters. The first-order valence-corrected chi connectivity index (χ1v) is 7.99. The van der Waals surface area contributed by atoms with Crippen molar-refractivity contribution in [2.75, 3.05) is 4.72 Å². The topological polar surface area (TPSA) is 98.2 Å². The van der Waals surface area contributed by atoms with Gasteiger partial charge in [0, 0.05) is 5.02 Å². The zero-order valence-electron chi connectivity index (χ0n) is 11.3. The maximum absolute atomic E-state index is 12.3. The van der Waals surface area contributed by atoms with Gasteiger partial charge in [-0.25, -0.2) is 13.1 Å². The van der Waals surface area contributed by atoms with Crippen molar-refractivity contribution in [1.82, 2.24) is 10.2 Å². The molecule has 114 valence electrons. The average molecular weight is 340 g/mol. The van der Waals surface area contributed by atoms with Gasteiger partial charge in [0.05, 0.1) is 11.2 Å². The summed E-state index contributed by atoms with van der Waals surface area (Å²) in [5.74, 6) is 0.419. The van der Waals surface area contributed by atoms with Crippen LogP contribution in [0.1, 0.15) is 5.56 Å². The van der Waals surface area contributed by atoms with E-state index in [1.165, 1.54) is 12.3 Å². The van der Waals surface area contributed by atoms with Gasteiger partial charge in [-0.1, -0.05) is 22.8 Å². The second kappa shape index (κ2) is 5.47. The van der Waals surface area contributed by atoms with Crippen LogP contribution in [0.4, 0.5) is 6.01 Å². The quantitative estimate of drug-likeness (QED) is 0.784. The fourth-order valence-electron chi connectivity index (χ4n) is 1.81. The molecule has 0 fully saturated rings. The molecule has 0 saturated carbocycles. The van der Waals surface area contributed by atoms with Crippen molar-refractivity contribution >= 4 is 27.6 Å². The molecule has 7 nitrogen and oxygen atoms in total. The van der Waals surface area contributed by atoms with E-state index in [0.29, 0.717) is 16.3 Å². The van der Waals surface area contributed by atoms with Crippen LogP contribution in [0.25, 0.3) is 11.7 Å². The number of rotatable bonds is 4. The Morgan fingerprint density at radius 1 is 1.18 bits per heavy atom. The van der Waals surface area contributed by atoms with Crippen LogP contribution in [0.15, 0.2) is 50.3 Å². The molecule has 3 rings (SSSR count). The standard InChI is InChI=1S/C13H10ClN3O4S/c1-8-9(14)4-2-6-11(8)22(18,19)17-13-16-15-12(21-13)10-5-3-7-20-10/h2-7H,1H3,(H,16,17). The Hall–Kier alpha value is -2.32. The van der Waals surface area contributed by atoms with Crippen molar-refractivity contribution in [1.29, 1.82) is 0 Å². The predicted octanol–water partition coefficient (Wildman–Crippen LogP) is 3.09. The number of furan rings is 1. The van der Waals surface area contributed by atoms with Crippen LogP contribution >= 0.6 is 11.6 Å². The molecule has 1 aromatic carbocycles. The van der Waals surface area contributed by atoms with E-state index in [0.717, 1.165) is 0 Å². The predicted molar refractivity (Wildman–Crippen MR) is 79.0 cm³/mol. The van der Waals surface area contributed by atoms with Crippen LogP contribution in [-0.4, -0.2) is 18.6 Å². The Labute approximate surface area is 131 Å². The van der Waals surface area contributed by atoms with E-state index in [4.69, 9.17) is 20.4 Å². The molecule has 0 aliphatic heterocycles. The lowest BCUT2D eigenvalue weighted by atomic mass is 10.2. The fourth-order valence-corrected chi connectivity index (χ4v) is 3.24. The number of sulfonamides is 1. The highest BCUT2D eigenvalue weighted by Crippen LogP contribution is 2.25. The summed E-state index contributed by atoms with van der Waals surface area (Å²) in [4.78, 5) is 0.0396. The van der Waals surface area contributed by atoms with Gasteiger partial charge in [0.2, 0.25) is 0 Å². The van der Waals surface area contributed by atoms with Crippen LogP contribution in [0.2, 0.25) is 5.02 Å². The van der Waals surface area contributed by atoms with Gasteiger partial charge in [0.25, 0.3) is 15.9 Å². The summed E-state index contributed by atoms with van der Waals surface area (Å²) in [6, 6.07) is 7.61. The molecule has 0 saturated heterocycles. The molecule has 0 radical (unpaired) electrons. The number of nitrogens with one attached hydrogen (secondary N) is 1. The van der Waals surface area contributed by atoms with Crippen molar-refractivity contribution in [2.24, 2.45) is 0 Å². The third kappa shape index (κ3) is 2.70. The second-order valence-electron chi connectivity index (χ2n) is 4.36. The summed E-state index contributed by atoms with van der Waals surface area (Å²) >= 11 is 5.94. The molecule has 0 spiro atoms. The molecule has 0 aliphatic rings. The number of aromatic nitrogens is 2. The summed E-state index contributed by atoms with van der Waals surface area (Å²) in [5, 5.41) is 7.70. The van der Waals surface area contributed by atoms with E-state index < -0.39 is 10.0 Å². The van der Waals surface area contributed by atoms with Gasteiger partial charge < -0.3 is 8.83 Å². The van der Waals surface area contributed by atoms with Gasteiger partial charge in [-0.15, -0.1) is 5.10 Å². The first kappa shape index (κ1) is 14.6. The maximum Gasteiger partial charge on any atom is 0.330 e. The lowest BCUT2D eigenvalue weighted by Gasteiger charge is -2.08. The molecule has 1 N–H and O–H groups in total.